The molecule has 0 atom stereocenters. The van der Waals surface area contributed by atoms with Gasteiger partial charge >= 0.3 is 0 Å². The number of benzene rings is 2. The van der Waals surface area contributed by atoms with Crippen LogP contribution in [0.25, 0.3) is 0 Å². The summed E-state index contributed by atoms with van der Waals surface area (Å²) in [4.78, 5) is 2.19. The van der Waals surface area contributed by atoms with Gasteiger partial charge in [0.15, 0.2) is 0 Å². The van der Waals surface area contributed by atoms with E-state index in [1.807, 2.05) is 24.3 Å². The summed E-state index contributed by atoms with van der Waals surface area (Å²) in [6, 6.07) is 12.2. The lowest BCUT2D eigenvalue weighted by atomic mass is 10.2. The van der Waals surface area contributed by atoms with Crippen LogP contribution in [-0.2, 0) is 10.0 Å². The van der Waals surface area contributed by atoms with Crippen molar-refractivity contribution in [3.63, 3.8) is 0 Å². The Morgan fingerprint density at radius 2 is 1.72 bits per heavy atom. The number of nitrogens with zero attached hydrogens (tertiary/aromatic N) is 2. The van der Waals surface area contributed by atoms with Crippen molar-refractivity contribution in [2.45, 2.75) is 4.90 Å². The number of anilines is 1. The van der Waals surface area contributed by atoms with Crippen molar-refractivity contribution in [2.24, 2.45) is 0 Å². The van der Waals surface area contributed by atoms with Crippen LogP contribution in [0.5, 0.6) is 5.75 Å². The first-order valence-corrected chi connectivity index (χ1v) is 9.95. The normalized spacial score (nSPS) is 16.0. The van der Waals surface area contributed by atoms with E-state index >= 15 is 0 Å². The minimum Gasteiger partial charge on any atom is -0.497 e. The lowest BCUT2D eigenvalue weighted by Gasteiger charge is -2.35. The van der Waals surface area contributed by atoms with Gasteiger partial charge in [0.25, 0.3) is 0 Å². The molecule has 0 aromatic heterocycles. The zero-order chi connectivity index (χ0) is 18.0. The van der Waals surface area contributed by atoms with Crippen molar-refractivity contribution in [1.82, 2.24) is 4.31 Å². The first-order chi connectivity index (χ1) is 11.9. The van der Waals surface area contributed by atoms with Crippen molar-refractivity contribution in [2.75, 3.05) is 38.2 Å². The molecule has 8 heteroatoms. The second-order valence-electron chi connectivity index (χ2n) is 5.67. The molecular formula is C17H18Cl2N2O3S. The van der Waals surface area contributed by atoms with Gasteiger partial charge in [-0.2, -0.15) is 4.31 Å². The number of piperazine rings is 1. The Morgan fingerprint density at radius 1 is 1.00 bits per heavy atom. The van der Waals surface area contributed by atoms with E-state index < -0.39 is 10.0 Å². The second kappa shape index (κ2) is 7.41. The van der Waals surface area contributed by atoms with E-state index in [0.29, 0.717) is 31.2 Å². The zero-order valence-corrected chi connectivity index (χ0v) is 16.0. The highest BCUT2D eigenvalue weighted by Crippen LogP contribution is 2.29. The smallest absolute Gasteiger partial charge is 0.244 e. The van der Waals surface area contributed by atoms with Crippen LogP contribution in [0.4, 0.5) is 5.69 Å². The summed E-state index contributed by atoms with van der Waals surface area (Å²) < 4.78 is 32.4. The van der Waals surface area contributed by atoms with Crippen molar-refractivity contribution in [3.05, 3.63) is 52.5 Å². The molecule has 0 radical (unpaired) electrons. The highest BCUT2D eigenvalue weighted by molar-refractivity contribution is 7.89. The molecule has 2 aromatic rings. The van der Waals surface area contributed by atoms with E-state index in [2.05, 4.69) is 4.90 Å². The molecule has 1 aliphatic heterocycles. The summed E-state index contributed by atoms with van der Waals surface area (Å²) in [6.45, 7) is 1.93. The van der Waals surface area contributed by atoms with Crippen LogP contribution in [-0.4, -0.2) is 46.0 Å². The third-order valence-electron chi connectivity index (χ3n) is 4.17. The molecule has 0 spiro atoms. The number of halogens is 2. The summed E-state index contributed by atoms with van der Waals surface area (Å²) in [7, 11) is -2.04. The Morgan fingerprint density at radius 3 is 2.40 bits per heavy atom. The van der Waals surface area contributed by atoms with Gasteiger partial charge in [-0.15, -0.1) is 0 Å². The first-order valence-electron chi connectivity index (χ1n) is 7.76. The summed E-state index contributed by atoms with van der Waals surface area (Å²) in [5.74, 6) is 0.776. The Bertz CT molecular complexity index is 866. The minimum atomic E-state index is -3.67. The van der Waals surface area contributed by atoms with E-state index in [4.69, 9.17) is 27.9 Å². The predicted molar refractivity (Wildman–Crippen MR) is 100 cm³/mol. The number of hydrogen-bond donors (Lipinski definition) is 0. The summed E-state index contributed by atoms with van der Waals surface area (Å²) >= 11 is 12.0. The fourth-order valence-corrected chi connectivity index (χ4v) is 4.97. The number of ether oxygens (including phenoxy) is 1. The van der Waals surface area contributed by atoms with E-state index in [1.54, 1.807) is 13.2 Å². The fourth-order valence-electron chi connectivity index (χ4n) is 2.81. The van der Waals surface area contributed by atoms with Crippen LogP contribution in [0.15, 0.2) is 47.4 Å². The first kappa shape index (κ1) is 18.3. The summed E-state index contributed by atoms with van der Waals surface area (Å²) in [6.07, 6.45) is 0. The third-order valence-corrected chi connectivity index (χ3v) is 6.78. The Hall–Kier alpha value is -1.47. The Labute approximate surface area is 157 Å². The molecule has 1 fully saturated rings. The number of sulfonamides is 1. The number of methoxy groups -OCH3 is 1. The Kier molecular flexibility index (Phi) is 5.43. The predicted octanol–water partition coefficient (Wildman–Crippen LogP) is 3.51. The monoisotopic (exact) mass is 400 g/mol. The van der Waals surface area contributed by atoms with Crippen LogP contribution in [0.3, 0.4) is 0 Å². The van der Waals surface area contributed by atoms with Gasteiger partial charge in [-0.1, -0.05) is 29.3 Å². The average molecular weight is 401 g/mol. The maximum absolute atomic E-state index is 12.8. The second-order valence-corrected chi connectivity index (χ2v) is 8.42. The van der Waals surface area contributed by atoms with Gasteiger partial charge in [-0.3, -0.25) is 0 Å². The maximum atomic E-state index is 12.8. The lowest BCUT2D eigenvalue weighted by Crippen LogP contribution is -2.48. The van der Waals surface area contributed by atoms with Crippen LogP contribution in [0.1, 0.15) is 0 Å². The zero-order valence-electron chi connectivity index (χ0n) is 13.7. The molecule has 134 valence electrons. The summed E-state index contributed by atoms with van der Waals surface area (Å²) in [5, 5.41) is 0.526. The molecule has 0 saturated carbocycles. The molecule has 1 saturated heterocycles. The van der Waals surface area contributed by atoms with Gasteiger partial charge in [-0.05, 0) is 30.3 Å². The van der Waals surface area contributed by atoms with Gasteiger partial charge in [0.05, 0.1) is 12.1 Å². The van der Waals surface area contributed by atoms with Crippen molar-refractivity contribution >= 4 is 38.9 Å². The SMILES string of the molecule is COc1cccc(N2CCN(S(=O)(=O)c3cc(Cl)ccc3Cl)CC2)c1. The molecule has 25 heavy (non-hydrogen) atoms. The molecule has 0 unspecified atom stereocenters. The molecule has 0 bridgehead atoms. The quantitative estimate of drug-likeness (QED) is 0.787. The van der Waals surface area contributed by atoms with Crippen molar-refractivity contribution in [3.8, 4) is 5.75 Å². The van der Waals surface area contributed by atoms with Crippen LogP contribution >= 0.6 is 23.2 Å². The van der Waals surface area contributed by atoms with E-state index in [-0.39, 0.29) is 9.92 Å². The van der Waals surface area contributed by atoms with E-state index in [9.17, 15) is 8.42 Å². The van der Waals surface area contributed by atoms with Crippen LogP contribution in [0, 0.1) is 0 Å². The molecule has 1 heterocycles. The molecule has 1 aliphatic rings. The summed E-state index contributed by atoms with van der Waals surface area (Å²) in [5.41, 5.74) is 1.01. The number of rotatable bonds is 4. The molecule has 2 aromatic carbocycles. The average Bonchev–Trinajstić information content (AvgIpc) is 2.63. The van der Waals surface area contributed by atoms with Gasteiger partial charge < -0.3 is 9.64 Å². The molecular weight excluding hydrogens is 383 g/mol. The van der Waals surface area contributed by atoms with Crippen molar-refractivity contribution in [1.29, 1.82) is 0 Å². The van der Waals surface area contributed by atoms with E-state index in [1.165, 1.54) is 16.4 Å². The number of hydrogen-bond acceptors (Lipinski definition) is 4. The van der Waals surface area contributed by atoms with E-state index in [0.717, 1.165) is 11.4 Å². The molecule has 3 rings (SSSR count). The fraction of sp³-hybridized carbons (Fsp3) is 0.294. The topological polar surface area (TPSA) is 49.9 Å². The van der Waals surface area contributed by atoms with Gasteiger partial charge in [0.2, 0.25) is 10.0 Å². The highest BCUT2D eigenvalue weighted by Gasteiger charge is 2.30. The minimum absolute atomic E-state index is 0.0523. The molecule has 0 N–H and O–H groups in total. The molecule has 0 aliphatic carbocycles. The van der Waals surface area contributed by atoms with Crippen LogP contribution < -0.4 is 9.64 Å². The standard InChI is InChI=1S/C17H18Cl2N2O3S/c1-24-15-4-2-3-14(12-15)20-7-9-21(10-8-20)25(22,23)17-11-13(18)5-6-16(17)19/h2-6,11-12H,7-10H2,1H3. The molecule has 5 nitrogen and oxygen atoms in total. The highest BCUT2D eigenvalue weighted by atomic mass is 35.5. The van der Waals surface area contributed by atoms with Crippen LogP contribution in [0.2, 0.25) is 10.0 Å². The Balaban J connectivity index is 1.76. The molecule has 0 amide bonds. The van der Waals surface area contributed by atoms with Gasteiger partial charge in [0, 0.05) is 43.0 Å². The van der Waals surface area contributed by atoms with Crippen molar-refractivity contribution < 1.29 is 13.2 Å². The maximum Gasteiger partial charge on any atom is 0.244 e. The van der Waals surface area contributed by atoms with Gasteiger partial charge in [0.1, 0.15) is 10.6 Å². The largest absolute Gasteiger partial charge is 0.497 e. The van der Waals surface area contributed by atoms with Gasteiger partial charge in [-0.25, -0.2) is 8.42 Å². The lowest BCUT2D eigenvalue weighted by molar-refractivity contribution is 0.384. The third kappa shape index (κ3) is 3.87.